The van der Waals surface area contributed by atoms with Crippen LogP contribution < -0.4 is 15.8 Å². The molecule has 10 heteroatoms. The van der Waals surface area contributed by atoms with Crippen molar-refractivity contribution in [3.05, 3.63) is 52.6 Å². The van der Waals surface area contributed by atoms with Crippen molar-refractivity contribution in [2.24, 2.45) is 5.73 Å². The van der Waals surface area contributed by atoms with Crippen molar-refractivity contribution in [3.8, 4) is 5.75 Å². The third-order valence-electron chi connectivity index (χ3n) is 5.29. The van der Waals surface area contributed by atoms with Gasteiger partial charge in [0.05, 0.1) is 32.8 Å². The molecule has 2 aliphatic heterocycles. The van der Waals surface area contributed by atoms with E-state index in [1.54, 1.807) is 18.2 Å². The number of hydrogen-bond donors (Lipinski definition) is 2. The maximum Gasteiger partial charge on any atom is 0.341 e. The van der Waals surface area contributed by atoms with Crippen LogP contribution in [-0.2, 0) is 38.8 Å². The minimum atomic E-state index is -2.03. The third-order valence-corrected chi connectivity index (χ3v) is 5.29. The number of nitrogens with two attached hydrogens (primary N) is 1. The average Bonchev–Trinajstić information content (AvgIpc) is 3.04. The van der Waals surface area contributed by atoms with Crippen LogP contribution in [0.5, 0.6) is 5.75 Å². The number of unbranched alkanes of at least 4 members (excludes halogenated alkanes) is 1. The molecule has 10 nitrogen and oxygen atoms in total. The Morgan fingerprint density at radius 1 is 1.09 bits per heavy atom. The van der Waals surface area contributed by atoms with Crippen molar-refractivity contribution in [2.75, 3.05) is 20.8 Å². The molecular weight excluding hydrogens is 420 g/mol. The Labute approximate surface area is 184 Å². The summed E-state index contributed by atoms with van der Waals surface area (Å²) in [5.41, 5.74) is 3.59. The van der Waals surface area contributed by atoms with Gasteiger partial charge in [-0.25, -0.2) is 9.59 Å². The molecule has 1 aromatic carbocycles. The van der Waals surface area contributed by atoms with Crippen LogP contribution in [0.2, 0.25) is 0 Å². The van der Waals surface area contributed by atoms with Crippen LogP contribution in [0, 0.1) is 0 Å². The lowest BCUT2D eigenvalue weighted by molar-refractivity contribution is -0.142. The monoisotopic (exact) mass is 444 g/mol. The quantitative estimate of drug-likeness (QED) is 0.357. The number of hydrogen-bond acceptors (Lipinski definition) is 9. The number of carbonyl (C=O) groups is 4. The summed E-state index contributed by atoms with van der Waals surface area (Å²) in [6.45, 7) is 2.00. The predicted octanol–water partition coefficient (Wildman–Crippen LogP) is 0.950. The molecule has 1 aromatic rings. The summed E-state index contributed by atoms with van der Waals surface area (Å²) in [5, 5.41) is 2.54. The van der Waals surface area contributed by atoms with Crippen molar-refractivity contribution in [1.29, 1.82) is 0 Å². The Morgan fingerprint density at radius 2 is 1.81 bits per heavy atom. The predicted molar refractivity (Wildman–Crippen MR) is 110 cm³/mol. The van der Waals surface area contributed by atoms with Crippen molar-refractivity contribution in [1.82, 2.24) is 5.32 Å². The minimum absolute atomic E-state index is 0.0583. The smallest absolute Gasteiger partial charge is 0.341 e. The van der Waals surface area contributed by atoms with Gasteiger partial charge in [-0.05, 0) is 12.5 Å². The van der Waals surface area contributed by atoms with Gasteiger partial charge in [-0.1, -0.05) is 31.5 Å². The van der Waals surface area contributed by atoms with Crippen LogP contribution >= 0.6 is 0 Å². The number of esters is 3. The second kappa shape index (κ2) is 9.13. The number of rotatable bonds is 7. The van der Waals surface area contributed by atoms with Gasteiger partial charge < -0.3 is 30.0 Å². The Balaban J connectivity index is 2.31. The van der Waals surface area contributed by atoms with E-state index in [0.29, 0.717) is 6.42 Å². The zero-order chi connectivity index (χ0) is 23.5. The van der Waals surface area contributed by atoms with Gasteiger partial charge in [0.1, 0.15) is 16.7 Å². The second-order valence-corrected chi connectivity index (χ2v) is 7.13. The number of ether oxygens (including phenoxy) is 4. The highest BCUT2D eigenvalue weighted by Gasteiger charge is 2.62. The highest BCUT2D eigenvalue weighted by molar-refractivity contribution is 6.17. The van der Waals surface area contributed by atoms with Crippen LogP contribution in [0.25, 0.3) is 0 Å². The average molecular weight is 444 g/mol. The van der Waals surface area contributed by atoms with Crippen LogP contribution in [0.4, 0.5) is 0 Å². The first kappa shape index (κ1) is 22.9. The molecule has 0 aromatic heterocycles. The first-order valence-electron chi connectivity index (χ1n) is 9.97. The number of nitrogens with one attached hydrogen (secondary N) is 1. The van der Waals surface area contributed by atoms with E-state index >= 15 is 0 Å². The van der Waals surface area contributed by atoms with E-state index in [2.05, 4.69) is 10.1 Å². The number of fused-ring (bicyclic) bond motifs is 2. The van der Waals surface area contributed by atoms with E-state index in [9.17, 15) is 19.2 Å². The molecule has 1 atom stereocenters. The third kappa shape index (κ3) is 3.57. The zero-order valence-corrected chi connectivity index (χ0v) is 18.0. The molecule has 3 N–H and O–H groups in total. The summed E-state index contributed by atoms with van der Waals surface area (Å²) in [6.07, 6.45) is 0.918. The maximum absolute atomic E-state index is 13.5. The molecule has 0 bridgehead atoms. The zero-order valence-electron chi connectivity index (χ0n) is 18.0. The topological polar surface area (TPSA) is 143 Å². The summed E-state index contributed by atoms with van der Waals surface area (Å²) in [7, 11) is 2.30. The van der Waals surface area contributed by atoms with Crippen molar-refractivity contribution in [3.63, 3.8) is 0 Å². The van der Waals surface area contributed by atoms with Crippen molar-refractivity contribution in [2.45, 2.75) is 31.6 Å². The highest BCUT2D eigenvalue weighted by Crippen LogP contribution is 2.52. The van der Waals surface area contributed by atoms with E-state index < -0.39 is 35.7 Å². The molecule has 0 saturated heterocycles. The molecule has 0 aliphatic carbocycles. The number of amides is 1. The van der Waals surface area contributed by atoms with Gasteiger partial charge >= 0.3 is 17.9 Å². The Kier molecular flexibility index (Phi) is 6.52. The molecule has 32 heavy (non-hydrogen) atoms. The van der Waals surface area contributed by atoms with Crippen molar-refractivity contribution < 1.29 is 38.1 Å². The summed E-state index contributed by atoms with van der Waals surface area (Å²) in [4.78, 5) is 51.7. The van der Waals surface area contributed by atoms with E-state index in [1.807, 2.05) is 6.92 Å². The van der Waals surface area contributed by atoms with Crippen molar-refractivity contribution >= 4 is 23.8 Å². The fraction of sp³-hybridized carbons (Fsp3) is 0.364. The molecule has 170 valence electrons. The molecule has 1 unspecified atom stereocenters. The second-order valence-electron chi connectivity index (χ2n) is 7.13. The minimum Gasteiger partial charge on any atom is -0.469 e. The molecule has 3 rings (SSSR count). The Morgan fingerprint density at radius 3 is 2.47 bits per heavy atom. The van der Waals surface area contributed by atoms with E-state index in [0.717, 1.165) is 13.5 Å². The molecule has 0 saturated carbocycles. The van der Waals surface area contributed by atoms with Crippen LogP contribution in [-0.4, -0.2) is 44.6 Å². The summed E-state index contributed by atoms with van der Waals surface area (Å²) < 4.78 is 20.6. The van der Waals surface area contributed by atoms with Gasteiger partial charge in [0.25, 0.3) is 0 Å². The Hall–Kier alpha value is -3.82. The summed E-state index contributed by atoms with van der Waals surface area (Å²) in [6, 6.07) is 6.34. The lowest BCUT2D eigenvalue weighted by Gasteiger charge is -2.35. The molecule has 2 heterocycles. The SMILES string of the molecule is CCCCOC(=O)C1=C(N)Oc2ccccc2C12C(=O)NC(CC(=O)OC)=C2C(=O)OC. The van der Waals surface area contributed by atoms with Gasteiger partial charge in [-0.15, -0.1) is 0 Å². The fourth-order valence-corrected chi connectivity index (χ4v) is 3.85. The first-order valence-corrected chi connectivity index (χ1v) is 9.97. The van der Waals surface area contributed by atoms with Crippen LogP contribution in [0.1, 0.15) is 31.7 Å². The summed E-state index contributed by atoms with van der Waals surface area (Å²) >= 11 is 0. The molecule has 1 spiro atoms. The van der Waals surface area contributed by atoms with Crippen LogP contribution in [0.15, 0.2) is 47.0 Å². The van der Waals surface area contributed by atoms with Gasteiger partial charge in [0.15, 0.2) is 0 Å². The van der Waals surface area contributed by atoms with E-state index in [4.69, 9.17) is 19.9 Å². The highest BCUT2D eigenvalue weighted by atomic mass is 16.5. The largest absolute Gasteiger partial charge is 0.469 e. The summed E-state index contributed by atoms with van der Waals surface area (Å²) in [5.74, 6) is -3.53. The number of para-hydroxylation sites is 1. The fourth-order valence-electron chi connectivity index (χ4n) is 3.85. The lowest BCUT2D eigenvalue weighted by atomic mass is 9.67. The normalized spacial score (nSPS) is 19.3. The number of methoxy groups -OCH3 is 2. The number of carbonyl (C=O) groups excluding carboxylic acids is 4. The molecular formula is C22H24N2O8. The van der Waals surface area contributed by atoms with Gasteiger partial charge in [0.2, 0.25) is 11.8 Å². The van der Waals surface area contributed by atoms with Gasteiger partial charge in [0, 0.05) is 11.3 Å². The van der Waals surface area contributed by atoms with E-state index in [-0.39, 0.29) is 40.6 Å². The van der Waals surface area contributed by atoms with Gasteiger partial charge in [-0.2, -0.15) is 0 Å². The Bertz CT molecular complexity index is 1040. The molecule has 2 aliphatic rings. The molecule has 0 fully saturated rings. The van der Waals surface area contributed by atoms with Crippen LogP contribution in [0.3, 0.4) is 0 Å². The standard InChI is InChI=1S/C22H24N2O8/c1-4-5-10-31-20(27)17-18(23)32-14-9-7-6-8-12(14)22(17)16(19(26)30-3)13(24-21(22)28)11-15(25)29-2/h6-9H,4-5,10-11,23H2,1-3H3,(H,24,28). The lowest BCUT2D eigenvalue weighted by Crippen LogP contribution is -2.49. The van der Waals surface area contributed by atoms with Gasteiger partial charge in [-0.3, -0.25) is 9.59 Å². The number of benzene rings is 1. The molecule has 0 radical (unpaired) electrons. The maximum atomic E-state index is 13.5. The van der Waals surface area contributed by atoms with E-state index in [1.165, 1.54) is 13.2 Å². The first-order chi connectivity index (χ1) is 15.3. The molecule has 1 amide bonds.